The second-order valence-electron chi connectivity index (χ2n) is 8.82. The third kappa shape index (κ3) is 6.05. The number of anilines is 1. The van der Waals surface area contributed by atoms with Crippen LogP contribution in [0.5, 0.6) is 0 Å². The van der Waals surface area contributed by atoms with Crippen molar-refractivity contribution in [2.75, 3.05) is 51.7 Å². The van der Waals surface area contributed by atoms with Crippen molar-refractivity contribution in [3.63, 3.8) is 0 Å². The van der Waals surface area contributed by atoms with E-state index in [4.69, 9.17) is 9.15 Å². The summed E-state index contributed by atoms with van der Waals surface area (Å²) in [5.41, 5.74) is 3.19. The molecule has 2 N–H and O–H groups in total. The number of hydrogen-bond acceptors (Lipinski definition) is 7. The van der Waals surface area contributed by atoms with Crippen molar-refractivity contribution in [2.24, 2.45) is 0 Å². The topological polar surface area (TPSA) is 100 Å². The highest BCUT2D eigenvalue weighted by atomic mass is 16.5. The molecule has 1 saturated heterocycles. The normalized spacial score (nSPS) is 16.0. The van der Waals surface area contributed by atoms with E-state index in [-0.39, 0.29) is 6.54 Å². The van der Waals surface area contributed by atoms with Crippen LogP contribution in [-0.4, -0.2) is 71.9 Å². The summed E-state index contributed by atoms with van der Waals surface area (Å²) in [5.74, 6) is -0.476. The number of benzene rings is 2. The molecule has 0 radical (unpaired) electrons. The quantitative estimate of drug-likeness (QED) is 0.491. The number of ether oxygens (including phenoxy) is 1. The van der Waals surface area contributed by atoms with Crippen LogP contribution in [0.2, 0.25) is 0 Å². The standard InChI is InChI=1S/C25H32N4O5/c1-18(30)20-7-8-23-22(16-20)29(25(32)34-23)17-19-5-3-6-21(15-19)26-24(31)33-14-4-9-28-12-10-27(2)11-13-28/h3,5-8,15-16,18,30H,4,9-14,17H2,1-2H3,(H,26,31). The van der Waals surface area contributed by atoms with Crippen LogP contribution >= 0.6 is 0 Å². The molecule has 2 aromatic carbocycles. The number of aromatic nitrogens is 1. The van der Waals surface area contributed by atoms with Gasteiger partial charge in [0.15, 0.2) is 5.58 Å². The number of carbonyl (C=O) groups is 1. The molecule has 3 aromatic rings. The Balaban J connectivity index is 1.32. The fourth-order valence-electron chi connectivity index (χ4n) is 4.10. The number of likely N-dealkylation sites (N-methyl/N-ethyl adjacent to an activating group) is 1. The van der Waals surface area contributed by atoms with Gasteiger partial charge in [0.25, 0.3) is 0 Å². The molecule has 2 heterocycles. The minimum Gasteiger partial charge on any atom is -0.449 e. The highest BCUT2D eigenvalue weighted by Gasteiger charge is 2.14. The maximum atomic E-state index is 12.4. The molecular weight excluding hydrogens is 436 g/mol. The van der Waals surface area contributed by atoms with Gasteiger partial charge in [0, 0.05) is 38.4 Å². The third-order valence-corrected chi connectivity index (χ3v) is 6.14. The van der Waals surface area contributed by atoms with E-state index in [0.717, 1.165) is 44.7 Å². The Hall–Kier alpha value is -3.14. The molecular formula is C25H32N4O5. The van der Waals surface area contributed by atoms with Gasteiger partial charge in [0.05, 0.1) is 24.8 Å². The minimum atomic E-state index is -0.650. The monoisotopic (exact) mass is 468 g/mol. The van der Waals surface area contributed by atoms with Crippen LogP contribution in [0.3, 0.4) is 0 Å². The number of amides is 1. The van der Waals surface area contributed by atoms with Gasteiger partial charge >= 0.3 is 11.8 Å². The Bertz CT molecular complexity index is 1180. The highest BCUT2D eigenvalue weighted by Crippen LogP contribution is 2.21. The second kappa shape index (κ2) is 10.9. The van der Waals surface area contributed by atoms with E-state index in [1.54, 1.807) is 37.3 Å². The van der Waals surface area contributed by atoms with Crippen LogP contribution in [0.1, 0.15) is 30.6 Å². The molecule has 1 amide bonds. The molecule has 9 heteroatoms. The van der Waals surface area contributed by atoms with Gasteiger partial charge < -0.3 is 24.1 Å². The van der Waals surface area contributed by atoms with Gasteiger partial charge in [-0.25, -0.2) is 9.59 Å². The summed E-state index contributed by atoms with van der Waals surface area (Å²) in [5, 5.41) is 12.6. The Morgan fingerprint density at radius 1 is 1.18 bits per heavy atom. The summed E-state index contributed by atoms with van der Waals surface area (Å²) in [4.78, 5) is 29.3. The molecule has 4 rings (SSSR count). The predicted molar refractivity (Wildman–Crippen MR) is 130 cm³/mol. The second-order valence-corrected chi connectivity index (χ2v) is 8.82. The zero-order valence-electron chi connectivity index (χ0n) is 19.7. The molecule has 0 saturated carbocycles. The first kappa shape index (κ1) is 24.0. The van der Waals surface area contributed by atoms with Crippen LogP contribution in [0, 0.1) is 0 Å². The SMILES string of the molecule is CC(O)c1ccc2oc(=O)n(Cc3cccc(NC(=O)OCCCN4CCN(C)CC4)c3)c2c1. The number of hydrogen-bond donors (Lipinski definition) is 2. The van der Waals surface area contributed by atoms with Gasteiger partial charge in [-0.15, -0.1) is 0 Å². The molecule has 0 bridgehead atoms. The first-order valence-electron chi connectivity index (χ1n) is 11.6. The van der Waals surface area contributed by atoms with E-state index in [1.165, 1.54) is 4.57 Å². The van der Waals surface area contributed by atoms with Crippen molar-refractivity contribution in [1.29, 1.82) is 0 Å². The lowest BCUT2D eigenvalue weighted by Crippen LogP contribution is -2.44. The Labute approximate surface area is 198 Å². The Morgan fingerprint density at radius 2 is 1.97 bits per heavy atom. The van der Waals surface area contributed by atoms with Gasteiger partial charge in [-0.05, 0) is 55.8 Å². The molecule has 34 heavy (non-hydrogen) atoms. The largest absolute Gasteiger partial charge is 0.449 e. The van der Waals surface area contributed by atoms with Crippen molar-refractivity contribution in [1.82, 2.24) is 14.4 Å². The molecule has 1 aliphatic rings. The molecule has 1 fully saturated rings. The number of piperazine rings is 1. The fourth-order valence-corrected chi connectivity index (χ4v) is 4.10. The van der Waals surface area contributed by atoms with E-state index in [9.17, 15) is 14.7 Å². The zero-order valence-corrected chi connectivity index (χ0v) is 19.7. The van der Waals surface area contributed by atoms with E-state index in [2.05, 4.69) is 22.2 Å². The molecule has 1 aromatic heterocycles. The maximum absolute atomic E-state index is 12.4. The summed E-state index contributed by atoms with van der Waals surface area (Å²) in [6, 6.07) is 12.4. The number of nitrogens with one attached hydrogen (secondary N) is 1. The predicted octanol–water partition coefficient (Wildman–Crippen LogP) is 2.88. The van der Waals surface area contributed by atoms with Crippen molar-refractivity contribution in [2.45, 2.75) is 26.0 Å². The van der Waals surface area contributed by atoms with Crippen LogP contribution in [0.25, 0.3) is 11.1 Å². The van der Waals surface area contributed by atoms with Crippen LogP contribution < -0.4 is 11.1 Å². The van der Waals surface area contributed by atoms with Gasteiger partial charge in [0.2, 0.25) is 0 Å². The molecule has 182 valence electrons. The number of rotatable bonds is 8. The first-order valence-corrected chi connectivity index (χ1v) is 11.6. The number of aliphatic hydroxyl groups is 1. The molecule has 0 aliphatic carbocycles. The van der Waals surface area contributed by atoms with E-state index in [1.807, 2.05) is 12.1 Å². The summed E-state index contributed by atoms with van der Waals surface area (Å²) < 4.78 is 12.2. The van der Waals surface area contributed by atoms with Crippen LogP contribution in [0.4, 0.5) is 10.5 Å². The van der Waals surface area contributed by atoms with Gasteiger partial charge in [-0.1, -0.05) is 18.2 Å². The fraction of sp³-hybridized carbons (Fsp3) is 0.440. The van der Waals surface area contributed by atoms with Crippen LogP contribution in [-0.2, 0) is 11.3 Å². The van der Waals surface area contributed by atoms with E-state index < -0.39 is 18.0 Å². The highest BCUT2D eigenvalue weighted by molar-refractivity contribution is 5.84. The van der Waals surface area contributed by atoms with Crippen LogP contribution in [0.15, 0.2) is 51.7 Å². The number of fused-ring (bicyclic) bond motifs is 1. The summed E-state index contributed by atoms with van der Waals surface area (Å²) in [6.07, 6.45) is -0.353. The third-order valence-electron chi connectivity index (χ3n) is 6.14. The number of nitrogens with zero attached hydrogens (tertiary/aromatic N) is 3. The minimum absolute atomic E-state index is 0.269. The van der Waals surface area contributed by atoms with Crippen molar-refractivity contribution >= 4 is 22.9 Å². The Morgan fingerprint density at radius 3 is 2.74 bits per heavy atom. The van der Waals surface area contributed by atoms with Crippen molar-refractivity contribution in [3.05, 3.63) is 64.1 Å². The summed E-state index contributed by atoms with van der Waals surface area (Å²) >= 11 is 0. The van der Waals surface area contributed by atoms with Crippen molar-refractivity contribution in [3.8, 4) is 0 Å². The smallest absolute Gasteiger partial charge is 0.420 e. The zero-order chi connectivity index (χ0) is 24.1. The van der Waals surface area contributed by atoms with Gasteiger partial charge in [0.1, 0.15) is 0 Å². The van der Waals surface area contributed by atoms with E-state index in [0.29, 0.717) is 29.0 Å². The molecule has 9 nitrogen and oxygen atoms in total. The molecule has 1 atom stereocenters. The Kier molecular flexibility index (Phi) is 7.66. The lowest BCUT2D eigenvalue weighted by molar-refractivity contribution is 0.130. The number of carbonyl (C=O) groups excluding carboxylic acids is 1. The first-order chi connectivity index (χ1) is 16.4. The van der Waals surface area contributed by atoms with Gasteiger partial charge in [-0.3, -0.25) is 9.88 Å². The summed E-state index contributed by atoms with van der Waals surface area (Å²) in [7, 11) is 2.13. The van der Waals surface area contributed by atoms with Crippen molar-refractivity contribution < 1.29 is 19.1 Å². The lowest BCUT2D eigenvalue weighted by atomic mass is 10.1. The number of oxazole rings is 1. The average molecular weight is 469 g/mol. The maximum Gasteiger partial charge on any atom is 0.420 e. The average Bonchev–Trinajstić information content (AvgIpc) is 3.12. The molecule has 0 spiro atoms. The summed E-state index contributed by atoms with van der Waals surface area (Å²) in [6.45, 7) is 7.45. The molecule has 1 aliphatic heterocycles. The van der Waals surface area contributed by atoms with E-state index >= 15 is 0 Å². The number of aliphatic hydroxyl groups excluding tert-OH is 1. The van der Waals surface area contributed by atoms with Gasteiger partial charge in [-0.2, -0.15) is 0 Å². The lowest BCUT2D eigenvalue weighted by Gasteiger charge is -2.32. The molecule has 1 unspecified atom stereocenters.